The van der Waals surface area contributed by atoms with Crippen molar-refractivity contribution in [2.75, 3.05) is 0 Å². The van der Waals surface area contributed by atoms with Gasteiger partial charge in [-0.1, -0.05) is 36.4 Å². The van der Waals surface area contributed by atoms with E-state index in [1.165, 1.54) is 13.0 Å². The molecule has 2 N–H and O–H groups in total. The first-order valence-corrected chi connectivity index (χ1v) is 9.62. The number of carbonyl (C=O) groups excluding carboxylic acids is 1. The van der Waals surface area contributed by atoms with Gasteiger partial charge in [0.15, 0.2) is 0 Å². The number of nitrogens with zero attached hydrogens (tertiary/aromatic N) is 1. The van der Waals surface area contributed by atoms with E-state index >= 15 is 0 Å². The fraction of sp³-hybridized carbons (Fsp3) is 0.158. The Balaban J connectivity index is 1.68. The second-order valence-corrected chi connectivity index (χ2v) is 7.64. The second-order valence-electron chi connectivity index (χ2n) is 5.93. The van der Waals surface area contributed by atoms with E-state index in [1.54, 1.807) is 30.6 Å². The molecule has 1 amide bonds. The molecule has 6 nitrogen and oxygen atoms in total. The monoisotopic (exact) mass is 369 g/mol. The Bertz CT molecular complexity index is 1020. The van der Waals surface area contributed by atoms with Crippen LogP contribution in [0.25, 0.3) is 10.8 Å². The van der Waals surface area contributed by atoms with Crippen molar-refractivity contribution in [1.82, 2.24) is 15.0 Å². The number of nitrogens with one attached hydrogen (secondary N) is 2. The van der Waals surface area contributed by atoms with Gasteiger partial charge in [-0.2, -0.15) is 4.72 Å². The molecule has 0 bridgehead atoms. The third kappa shape index (κ3) is 4.25. The molecule has 134 valence electrons. The molecular formula is C19H19N3O3S. The lowest BCUT2D eigenvalue weighted by molar-refractivity contribution is -0.122. The Kier molecular flexibility index (Phi) is 5.29. The van der Waals surface area contributed by atoms with Crippen LogP contribution in [0.1, 0.15) is 12.5 Å². The van der Waals surface area contributed by atoms with Crippen molar-refractivity contribution in [3.05, 3.63) is 72.6 Å². The normalized spacial score (nSPS) is 12.7. The van der Waals surface area contributed by atoms with Gasteiger partial charge < -0.3 is 5.32 Å². The minimum atomic E-state index is -3.80. The lowest BCUT2D eigenvalue weighted by Crippen LogP contribution is -2.44. The molecule has 0 spiro atoms. The van der Waals surface area contributed by atoms with Gasteiger partial charge in [0.1, 0.15) is 0 Å². The molecule has 0 aliphatic carbocycles. The van der Waals surface area contributed by atoms with Crippen molar-refractivity contribution in [2.24, 2.45) is 0 Å². The fourth-order valence-electron chi connectivity index (χ4n) is 2.53. The molecule has 0 saturated heterocycles. The molecule has 0 saturated carbocycles. The highest BCUT2D eigenvalue weighted by Gasteiger charge is 2.22. The highest BCUT2D eigenvalue weighted by molar-refractivity contribution is 7.89. The van der Waals surface area contributed by atoms with Crippen molar-refractivity contribution in [1.29, 1.82) is 0 Å². The quantitative estimate of drug-likeness (QED) is 0.697. The summed E-state index contributed by atoms with van der Waals surface area (Å²) < 4.78 is 27.5. The van der Waals surface area contributed by atoms with E-state index in [1.807, 2.05) is 30.3 Å². The summed E-state index contributed by atoms with van der Waals surface area (Å²) in [6.07, 6.45) is 3.29. The zero-order valence-electron chi connectivity index (χ0n) is 14.2. The first-order chi connectivity index (χ1) is 12.5. The molecule has 26 heavy (non-hydrogen) atoms. The first-order valence-electron chi connectivity index (χ1n) is 8.13. The summed E-state index contributed by atoms with van der Waals surface area (Å²) in [7, 11) is -3.80. The van der Waals surface area contributed by atoms with E-state index < -0.39 is 22.0 Å². The Labute approximate surface area is 152 Å². The summed E-state index contributed by atoms with van der Waals surface area (Å²) in [4.78, 5) is 16.3. The zero-order valence-corrected chi connectivity index (χ0v) is 15.0. The topological polar surface area (TPSA) is 88.2 Å². The van der Waals surface area contributed by atoms with Crippen molar-refractivity contribution < 1.29 is 13.2 Å². The molecule has 3 aromatic rings. The average molecular weight is 369 g/mol. The number of carbonyl (C=O) groups is 1. The van der Waals surface area contributed by atoms with Gasteiger partial charge >= 0.3 is 0 Å². The largest absolute Gasteiger partial charge is 0.351 e. The lowest BCUT2D eigenvalue weighted by atomic mass is 10.1. The predicted molar refractivity (Wildman–Crippen MR) is 99.8 cm³/mol. The number of benzene rings is 2. The van der Waals surface area contributed by atoms with Gasteiger partial charge in [0.05, 0.1) is 10.9 Å². The molecule has 0 radical (unpaired) electrons. The van der Waals surface area contributed by atoms with Crippen LogP contribution >= 0.6 is 0 Å². The first kappa shape index (κ1) is 18.0. The number of rotatable bonds is 6. The molecule has 0 aliphatic rings. The SMILES string of the molecule is C[C@@H](NS(=O)(=O)c1ccc2ccccc2c1)C(=O)NCc1cccnc1. The number of hydrogen-bond acceptors (Lipinski definition) is 4. The van der Waals surface area contributed by atoms with Crippen LogP contribution in [-0.2, 0) is 21.4 Å². The van der Waals surface area contributed by atoms with Crippen LogP contribution in [0.3, 0.4) is 0 Å². The maximum Gasteiger partial charge on any atom is 0.241 e. The molecule has 1 heterocycles. The third-order valence-corrected chi connectivity index (χ3v) is 5.48. The van der Waals surface area contributed by atoms with Gasteiger partial charge in [-0.3, -0.25) is 9.78 Å². The fourth-order valence-corrected chi connectivity index (χ4v) is 3.77. The third-order valence-electron chi connectivity index (χ3n) is 3.95. The van der Waals surface area contributed by atoms with Gasteiger partial charge in [0.2, 0.25) is 15.9 Å². The maximum atomic E-state index is 12.6. The summed E-state index contributed by atoms with van der Waals surface area (Å²) in [6, 6.07) is 15.1. The summed E-state index contributed by atoms with van der Waals surface area (Å²) in [5.74, 6) is -0.404. The average Bonchev–Trinajstić information content (AvgIpc) is 2.66. The molecule has 2 aromatic carbocycles. The van der Waals surface area contributed by atoms with Gasteiger partial charge in [-0.15, -0.1) is 0 Å². The van der Waals surface area contributed by atoms with Gasteiger partial charge in [-0.05, 0) is 41.5 Å². The Morgan fingerprint density at radius 1 is 1.08 bits per heavy atom. The van der Waals surface area contributed by atoms with Crippen LogP contribution in [0.5, 0.6) is 0 Å². The van der Waals surface area contributed by atoms with E-state index in [0.717, 1.165) is 16.3 Å². The van der Waals surface area contributed by atoms with Crippen LogP contribution in [0.2, 0.25) is 0 Å². The second kappa shape index (κ2) is 7.63. The number of fused-ring (bicyclic) bond motifs is 1. The predicted octanol–water partition coefficient (Wildman–Crippen LogP) is 2.22. The highest BCUT2D eigenvalue weighted by Crippen LogP contribution is 2.19. The smallest absolute Gasteiger partial charge is 0.241 e. The van der Waals surface area contributed by atoms with Gasteiger partial charge in [0.25, 0.3) is 0 Å². The minimum Gasteiger partial charge on any atom is -0.351 e. The van der Waals surface area contributed by atoms with Crippen LogP contribution in [-0.4, -0.2) is 25.4 Å². The Morgan fingerprint density at radius 2 is 1.85 bits per heavy atom. The van der Waals surface area contributed by atoms with Gasteiger partial charge in [0, 0.05) is 18.9 Å². The summed E-state index contributed by atoms with van der Waals surface area (Å²) >= 11 is 0. The van der Waals surface area contributed by atoms with E-state index in [9.17, 15) is 13.2 Å². The number of pyridine rings is 1. The molecule has 0 fully saturated rings. The van der Waals surface area contributed by atoms with Crippen molar-refractivity contribution in [3.63, 3.8) is 0 Å². The minimum absolute atomic E-state index is 0.128. The molecule has 7 heteroatoms. The molecule has 3 rings (SSSR count). The van der Waals surface area contributed by atoms with Crippen molar-refractivity contribution in [2.45, 2.75) is 24.4 Å². The summed E-state index contributed by atoms with van der Waals surface area (Å²) in [5, 5.41) is 4.47. The summed E-state index contributed by atoms with van der Waals surface area (Å²) in [6.45, 7) is 1.80. The van der Waals surface area contributed by atoms with Crippen molar-refractivity contribution in [3.8, 4) is 0 Å². The van der Waals surface area contributed by atoms with Gasteiger partial charge in [-0.25, -0.2) is 8.42 Å². The molecule has 1 aromatic heterocycles. The van der Waals surface area contributed by atoms with E-state index in [2.05, 4.69) is 15.0 Å². The maximum absolute atomic E-state index is 12.6. The van der Waals surface area contributed by atoms with Crippen LogP contribution in [0.15, 0.2) is 71.9 Å². The highest BCUT2D eigenvalue weighted by atomic mass is 32.2. The van der Waals surface area contributed by atoms with Crippen molar-refractivity contribution >= 4 is 26.7 Å². The molecule has 1 atom stereocenters. The standard InChI is InChI=1S/C19H19N3O3S/c1-14(19(23)21-13-15-5-4-10-20-12-15)22-26(24,25)18-9-8-16-6-2-3-7-17(16)11-18/h2-12,14,22H,13H2,1H3,(H,21,23)/t14-/m1/s1. The Morgan fingerprint density at radius 3 is 2.58 bits per heavy atom. The van der Waals surface area contributed by atoms with Crippen LogP contribution < -0.4 is 10.0 Å². The van der Waals surface area contributed by atoms with E-state index in [4.69, 9.17) is 0 Å². The number of amides is 1. The molecular weight excluding hydrogens is 350 g/mol. The van der Waals surface area contributed by atoms with Crippen LogP contribution in [0, 0.1) is 0 Å². The summed E-state index contributed by atoms with van der Waals surface area (Å²) in [5.41, 5.74) is 0.838. The number of hydrogen-bond donors (Lipinski definition) is 2. The molecule has 0 aliphatic heterocycles. The number of aromatic nitrogens is 1. The zero-order chi connectivity index (χ0) is 18.6. The molecule has 0 unspecified atom stereocenters. The van der Waals surface area contributed by atoms with E-state index in [-0.39, 0.29) is 11.4 Å². The Hall–Kier alpha value is -2.77. The van der Waals surface area contributed by atoms with Crippen LogP contribution in [0.4, 0.5) is 0 Å². The lowest BCUT2D eigenvalue weighted by Gasteiger charge is -2.15. The van der Waals surface area contributed by atoms with E-state index in [0.29, 0.717) is 0 Å². The number of sulfonamides is 1.